The molecule has 2 aliphatic rings. The lowest BCUT2D eigenvalue weighted by atomic mass is 9.82. The molecule has 0 amide bonds. The predicted molar refractivity (Wildman–Crippen MR) is 62.0 cm³/mol. The molecular formula is C14H18O2. The molecule has 2 nitrogen and oxygen atoms in total. The Balaban J connectivity index is 1.98. The lowest BCUT2D eigenvalue weighted by Gasteiger charge is -2.28. The van der Waals surface area contributed by atoms with Crippen molar-refractivity contribution in [3.8, 4) is 0 Å². The zero-order valence-corrected chi connectivity index (χ0v) is 9.74. The average Bonchev–Trinajstić information content (AvgIpc) is 2.54. The smallest absolute Gasteiger partial charge is 0.195 e. The third kappa shape index (κ3) is 1.57. The maximum absolute atomic E-state index is 6.01. The molecule has 2 heteroatoms. The highest BCUT2D eigenvalue weighted by Gasteiger charge is 2.50. The molecule has 2 atom stereocenters. The first-order valence-corrected chi connectivity index (χ1v) is 6.06. The van der Waals surface area contributed by atoms with E-state index in [1.54, 1.807) is 0 Å². The Morgan fingerprint density at radius 1 is 1.12 bits per heavy atom. The topological polar surface area (TPSA) is 18.5 Å². The molecule has 1 aromatic rings. The van der Waals surface area contributed by atoms with Crippen molar-refractivity contribution in [3.63, 3.8) is 0 Å². The number of ether oxygens (including phenoxy) is 2. The summed E-state index contributed by atoms with van der Waals surface area (Å²) >= 11 is 0. The van der Waals surface area contributed by atoms with E-state index >= 15 is 0 Å². The standard InChI is InChI=1S/C14H18O2/c1-13-8-5-9-15-14(10-13,16-11-13)12-6-3-2-4-7-12/h2-4,6-7H,5,8-11H2,1H3. The Labute approximate surface area is 96.6 Å². The molecule has 0 spiro atoms. The minimum absolute atomic E-state index is 0.298. The molecule has 2 bridgehead atoms. The summed E-state index contributed by atoms with van der Waals surface area (Å²) in [7, 11) is 0. The molecule has 16 heavy (non-hydrogen) atoms. The Morgan fingerprint density at radius 2 is 1.94 bits per heavy atom. The molecule has 2 saturated heterocycles. The minimum Gasteiger partial charge on any atom is -0.346 e. The van der Waals surface area contributed by atoms with E-state index < -0.39 is 5.79 Å². The maximum atomic E-state index is 6.01. The monoisotopic (exact) mass is 218 g/mol. The van der Waals surface area contributed by atoms with Gasteiger partial charge in [-0.3, -0.25) is 0 Å². The summed E-state index contributed by atoms with van der Waals surface area (Å²) in [6, 6.07) is 10.4. The van der Waals surface area contributed by atoms with Crippen molar-refractivity contribution in [1.82, 2.24) is 0 Å². The van der Waals surface area contributed by atoms with Gasteiger partial charge in [-0.2, -0.15) is 0 Å². The molecule has 0 radical (unpaired) electrons. The Kier molecular flexibility index (Phi) is 2.30. The highest BCUT2D eigenvalue weighted by Crippen LogP contribution is 2.50. The Hall–Kier alpha value is -0.860. The third-order valence-corrected chi connectivity index (χ3v) is 3.79. The second kappa shape index (κ2) is 3.57. The molecule has 86 valence electrons. The van der Waals surface area contributed by atoms with E-state index in [-0.39, 0.29) is 0 Å². The van der Waals surface area contributed by atoms with E-state index in [2.05, 4.69) is 31.2 Å². The summed E-state index contributed by atoms with van der Waals surface area (Å²) in [4.78, 5) is 0. The minimum atomic E-state index is -0.466. The Bertz CT molecular complexity index is 372. The molecule has 2 fully saturated rings. The van der Waals surface area contributed by atoms with E-state index in [0.29, 0.717) is 5.41 Å². The SMILES string of the molecule is CC12CCCOC(c3ccccc3)(C1)OC2. The van der Waals surface area contributed by atoms with Crippen LogP contribution >= 0.6 is 0 Å². The van der Waals surface area contributed by atoms with Crippen LogP contribution in [0.25, 0.3) is 0 Å². The summed E-state index contributed by atoms with van der Waals surface area (Å²) in [5, 5.41) is 0. The van der Waals surface area contributed by atoms with Crippen LogP contribution in [0.5, 0.6) is 0 Å². The first-order valence-electron chi connectivity index (χ1n) is 6.06. The third-order valence-electron chi connectivity index (χ3n) is 3.79. The molecule has 2 aliphatic heterocycles. The van der Waals surface area contributed by atoms with Gasteiger partial charge in [0, 0.05) is 12.0 Å². The van der Waals surface area contributed by atoms with Gasteiger partial charge in [-0.25, -0.2) is 0 Å². The lowest BCUT2D eigenvalue weighted by Crippen LogP contribution is -2.28. The predicted octanol–water partition coefficient (Wildman–Crippen LogP) is 3.08. The first-order chi connectivity index (χ1) is 7.73. The lowest BCUT2D eigenvalue weighted by molar-refractivity contribution is -0.219. The fourth-order valence-corrected chi connectivity index (χ4v) is 2.90. The number of rotatable bonds is 1. The van der Waals surface area contributed by atoms with E-state index in [0.717, 1.165) is 26.1 Å². The molecule has 2 unspecified atom stereocenters. The molecule has 3 rings (SSSR count). The molecule has 0 saturated carbocycles. The highest BCUT2D eigenvalue weighted by molar-refractivity contribution is 5.22. The molecule has 0 N–H and O–H groups in total. The van der Waals surface area contributed by atoms with Crippen LogP contribution in [0.4, 0.5) is 0 Å². The van der Waals surface area contributed by atoms with Crippen LogP contribution in [-0.4, -0.2) is 13.2 Å². The van der Waals surface area contributed by atoms with Gasteiger partial charge >= 0.3 is 0 Å². The molecule has 2 heterocycles. The normalized spacial score (nSPS) is 38.3. The largest absolute Gasteiger partial charge is 0.346 e. The van der Waals surface area contributed by atoms with E-state index in [1.807, 2.05) is 6.07 Å². The second-order valence-corrected chi connectivity index (χ2v) is 5.35. The van der Waals surface area contributed by atoms with Crippen molar-refractivity contribution < 1.29 is 9.47 Å². The van der Waals surface area contributed by atoms with Gasteiger partial charge in [0.1, 0.15) is 0 Å². The first kappa shape index (κ1) is 10.3. The average molecular weight is 218 g/mol. The zero-order valence-electron chi connectivity index (χ0n) is 9.74. The van der Waals surface area contributed by atoms with Gasteiger partial charge in [0.25, 0.3) is 0 Å². The molecule has 0 aliphatic carbocycles. The summed E-state index contributed by atoms with van der Waals surface area (Å²) in [5.74, 6) is -0.466. The maximum Gasteiger partial charge on any atom is 0.195 e. The zero-order chi connectivity index (χ0) is 11.1. The number of fused-ring (bicyclic) bond motifs is 2. The number of hydrogen-bond acceptors (Lipinski definition) is 2. The van der Waals surface area contributed by atoms with Gasteiger partial charge in [-0.1, -0.05) is 37.3 Å². The van der Waals surface area contributed by atoms with Gasteiger partial charge in [-0.05, 0) is 18.3 Å². The number of hydrogen-bond donors (Lipinski definition) is 0. The summed E-state index contributed by atoms with van der Waals surface area (Å²) < 4.78 is 12.0. The van der Waals surface area contributed by atoms with E-state index in [9.17, 15) is 0 Å². The van der Waals surface area contributed by atoms with Gasteiger partial charge in [0.15, 0.2) is 5.79 Å². The molecule has 0 aromatic heterocycles. The summed E-state index contributed by atoms with van der Waals surface area (Å²) in [6.45, 7) is 3.94. The van der Waals surface area contributed by atoms with Crippen molar-refractivity contribution in [1.29, 1.82) is 0 Å². The van der Waals surface area contributed by atoms with Crippen molar-refractivity contribution in [2.24, 2.45) is 5.41 Å². The van der Waals surface area contributed by atoms with Crippen LogP contribution in [0.3, 0.4) is 0 Å². The van der Waals surface area contributed by atoms with Crippen LogP contribution in [-0.2, 0) is 15.3 Å². The van der Waals surface area contributed by atoms with Crippen LogP contribution in [0.1, 0.15) is 31.7 Å². The fraction of sp³-hybridized carbons (Fsp3) is 0.571. The Morgan fingerprint density at radius 3 is 2.75 bits per heavy atom. The highest BCUT2D eigenvalue weighted by atomic mass is 16.7. The fourth-order valence-electron chi connectivity index (χ4n) is 2.90. The van der Waals surface area contributed by atoms with Crippen LogP contribution in [0, 0.1) is 5.41 Å². The number of benzene rings is 1. The summed E-state index contributed by atoms with van der Waals surface area (Å²) in [5.41, 5.74) is 1.47. The van der Waals surface area contributed by atoms with Gasteiger partial charge < -0.3 is 9.47 Å². The van der Waals surface area contributed by atoms with E-state index in [1.165, 1.54) is 12.0 Å². The van der Waals surface area contributed by atoms with Crippen molar-refractivity contribution in [2.75, 3.05) is 13.2 Å². The van der Waals surface area contributed by atoms with E-state index in [4.69, 9.17) is 9.47 Å². The quantitative estimate of drug-likeness (QED) is 0.721. The molecule has 1 aromatic carbocycles. The van der Waals surface area contributed by atoms with Gasteiger partial charge in [0.05, 0.1) is 13.2 Å². The van der Waals surface area contributed by atoms with Crippen molar-refractivity contribution in [3.05, 3.63) is 35.9 Å². The van der Waals surface area contributed by atoms with Crippen LogP contribution in [0.2, 0.25) is 0 Å². The van der Waals surface area contributed by atoms with Gasteiger partial charge in [-0.15, -0.1) is 0 Å². The van der Waals surface area contributed by atoms with Crippen LogP contribution in [0.15, 0.2) is 30.3 Å². The summed E-state index contributed by atoms with van der Waals surface area (Å²) in [6.07, 6.45) is 3.35. The second-order valence-electron chi connectivity index (χ2n) is 5.35. The van der Waals surface area contributed by atoms with Gasteiger partial charge in [0.2, 0.25) is 0 Å². The molecular weight excluding hydrogens is 200 g/mol. The van der Waals surface area contributed by atoms with Crippen molar-refractivity contribution in [2.45, 2.75) is 32.0 Å². The van der Waals surface area contributed by atoms with Crippen molar-refractivity contribution >= 4 is 0 Å². The van der Waals surface area contributed by atoms with Crippen LogP contribution < -0.4 is 0 Å².